The Balaban J connectivity index is 1.95. The summed E-state index contributed by atoms with van der Waals surface area (Å²) in [6.07, 6.45) is 4.49. The number of aryl methyl sites for hydroxylation is 2. The second-order valence-corrected chi connectivity index (χ2v) is 7.84. The van der Waals surface area contributed by atoms with E-state index in [1.165, 1.54) is 12.8 Å². The average molecular weight is 307 g/mol. The molecule has 0 radical (unpaired) electrons. The minimum Gasteiger partial charge on any atom is -0.352 e. The lowest BCUT2D eigenvalue weighted by atomic mass is 10.1. The summed E-state index contributed by atoms with van der Waals surface area (Å²) < 4.78 is 12.4. The van der Waals surface area contributed by atoms with Crippen LogP contribution in [0.4, 0.5) is 0 Å². The van der Waals surface area contributed by atoms with Crippen LogP contribution in [0.2, 0.25) is 0 Å². The van der Waals surface area contributed by atoms with Gasteiger partial charge in [0.1, 0.15) is 5.25 Å². The summed E-state index contributed by atoms with van der Waals surface area (Å²) in [5, 5.41) is 2.59. The summed E-state index contributed by atoms with van der Waals surface area (Å²) in [5.74, 6) is 0.387. The summed E-state index contributed by atoms with van der Waals surface area (Å²) in [6.45, 7) is 5.82. The van der Waals surface area contributed by atoms with Gasteiger partial charge in [-0.2, -0.15) is 0 Å². The second-order valence-electron chi connectivity index (χ2n) is 6.09. The Morgan fingerprint density at radius 1 is 1.33 bits per heavy atom. The van der Waals surface area contributed by atoms with Crippen LogP contribution < -0.4 is 5.32 Å². The number of amides is 1. The minimum atomic E-state index is -1.18. The Bertz CT molecular complexity index is 536. The van der Waals surface area contributed by atoms with E-state index in [1.54, 1.807) is 6.92 Å². The number of carbonyl (C=O) groups is 1. The molecule has 1 fully saturated rings. The average Bonchev–Trinajstić information content (AvgIpc) is 2.94. The zero-order chi connectivity index (χ0) is 15.4. The lowest BCUT2D eigenvalue weighted by Crippen LogP contribution is -2.41. The molecule has 0 spiro atoms. The molecule has 1 N–H and O–H groups in total. The van der Waals surface area contributed by atoms with Crippen LogP contribution in [0.3, 0.4) is 0 Å². The molecule has 4 heteroatoms. The van der Waals surface area contributed by atoms with Gasteiger partial charge >= 0.3 is 0 Å². The molecule has 2 atom stereocenters. The molecule has 1 amide bonds. The fourth-order valence-electron chi connectivity index (χ4n) is 2.74. The van der Waals surface area contributed by atoms with E-state index in [-0.39, 0.29) is 11.9 Å². The fourth-order valence-corrected chi connectivity index (χ4v) is 3.92. The highest BCUT2D eigenvalue weighted by Crippen LogP contribution is 2.19. The van der Waals surface area contributed by atoms with Crippen LogP contribution in [-0.4, -0.2) is 21.4 Å². The van der Waals surface area contributed by atoms with E-state index in [9.17, 15) is 9.00 Å². The lowest BCUT2D eigenvalue weighted by molar-refractivity contribution is -0.121. The number of carbonyl (C=O) groups excluding carboxylic acids is 1. The standard InChI is InChI=1S/C17H25NO2S/c1-12-8-9-13(2)15(10-12)11-21(20)14(3)17(19)18-16-6-4-5-7-16/h8-10,14,16H,4-7,11H2,1-3H3,(H,18,19)/t14-,21+/m0/s1. The topological polar surface area (TPSA) is 46.2 Å². The summed E-state index contributed by atoms with van der Waals surface area (Å²) in [6, 6.07) is 6.45. The molecule has 0 saturated heterocycles. The maximum Gasteiger partial charge on any atom is 0.235 e. The van der Waals surface area contributed by atoms with Gasteiger partial charge < -0.3 is 5.32 Å². The number of benzene rings is 1. The van der Waals surface area contributed by atoms with E-state index in [1.807, 2.05) is 19.9 Å². The molecule has 3 nitrogen and oxygen atoms in total. The van der Waals surface area contributed by atoms with E-state index in [2.05, 4.69) is 17.4 Å². The maximum atomic E-state index is 12.4. The van der Waals surface area contributed by atoms with Crippen LogP contribution >= 0.6 is 0 Å². The van der Waals surface area contributed by atoms with Gasteiger partial charge in [-0.1, -0.05) is 36.6 Å². The van der Waals surface area contributed by atoms with Crippen molar-refractivity contribution in [2.75, 3.05) is 0 Å². The molecule has 0 heterocycles. The highest BCUT2D eigenvalue weighted by molar-refractivity contribution is 7.85. The van der Waals surface area contributed by atoms with Crippen LogP contribution in [0.1, 0.15) is 49.3 Å². The van der Waals surface area contributed by atoms with Crippen molar-refractivity contribution in [1.29, 1.82) is 0 Å². The molecule has 1 saturated carbocycles. The van der Waals surface area contributed by atoms with E-state index in [0.29, 0.717) is 5.75 Å². The first-order chi connectivity index (χ1) is 9.97. The van der Waals surface area contributed by atoms with Crippen LogP contribution in [0, 0.1) is 13.8 Å². The summed E-state index contributed by atoms with van der Waals surface area (Å²) >= 11 is 0. The van der Waals surface area contributed by atoms with Gasteiger partial charge in [0.25, 0.3) is 0 Å². The van der Waals surface area contributed by atoms with Gasteiger partial charge in [-0.15, -0.1) is 0 Å². The first-order valence-electron chi connectivity index (χ1n) is 7.71. The van der Waals surface area contributed by atoms with Gasteiger partial charge in [-0.05, 0) is 44.7 Å². The molecular formula is C17H25NO2S. The Morgan fingerprint density at radius 3 is 2.67 bits per heavy atom. The Kier molecular flexibility index (Phi) is 5.57. The molecule has 0 unspecified atom stereocenters. The van der Waals surface area contributed by atoms with E-state index in [0.717, 1.165) is 29.5 Å². The summed E-state index contributed by atoms with van der Waals surface area (Å²) in [4.78, 5) is 12.2. The van der Waals surface area contributed by atoms with Crippen molar-refractivity contribution in [2.24, 2.45) is 0 Å². The predicted octanol–water partition coefficient (Wildman–Crippen LogP) is 3.00. The zero-order valence-corrected chi connectivity index (χ0v) is 14.0. The molecule has 21 heavy (non-hydrogen) atoms. The van der Waals surface area contributed by atoms with Crippen molar-refractivity contribution in [3.8, 4) is 0 Å². The molecular weight excluding hydrogens is 282 g/mol. The quantitative estimate of drug-likeness (QED) is 0.909. The maximum absolute atomic E-state index is 12.4. The molecule has 0 aromatic heterocycles. The van der Waals surface area contributed by atoms with Crippen LogP contribution in [-0.2, 0) is 21.3 Å². The molecule has 1 aromatic rings. The molecule has 1 aliphatic rings. The molecule has 116 valence electrons. The van der Waals surface area contributed by atoms with Gasteiger partial charge in [-0.3, -0.25) is 9.00 Å². The number of hydrogen-bond acceptors (Lipinski definition) is 2. The highest BCUT2D eigenvalue weighted by Gasteiger charge is 2.24. The second kappa shape index (κ2) is 7.21. The monoisotopic (exact) mass is 307 g/mol. The van der Waals surface area contributed by atoms with Crippen LogP contribution in [0.25, 0.3) is 0 Å². The Morgan fingerprint density at radius 2 is 2.00 bits per heavy atom. The molecule has 2 rings (SSSR count). The number of hydrogen-bond donors (Lipinski definition) is 1. The van der Waals surface area contributed by atoms with Gasteiger partial charge in [-0.25, -0.2) is 0 Å². The van der Waals surface area contributed by atoms with Gasteiger partial charge in [0, 0.05) is 22.6 Å². The van der Waals surface area contributed by atoms with Crippen molar-refractivity contribution in [2.45, 2.75) is 63.5 Å². The zero-order valence-electron chi connectivity index (χ0n) is 13.1. The van der Waals surface area contributed by atoms with Crippen molar-refractivity contribution in [1.82, 2.24) is 5.32 Å². The minimum absolute atomic E-state index is 0.0643. The SMILES string of the molecule is Cc1ccc(C)c(C[S@@](=O)[C@@H](C)C(=O)NC2CCCC2)c1. The summed E-state index contributed by atoms with van der Waals surface area (Å²) in [7, 11) is -1.18. The Labute approximate surface area is 130 Å². The van der Waals surface area contributed by atoms with Crippen molar-refractivity contribution >= 4 is 16.7 Å². The number of nitrogens with one attached hydrogen (secondary N) is 1. The van der Waals surface area contributed by atoms with Crippen LogP contribution in [0.5, 0.6) is 0 Å². The third-order valence-corrected chi connectivity index (χ3v) is 5.87. The predicted molar refractivity (Wildman–Crippen MR) is 87.6 cm³/mol. The fraction of sp³-hybridized carbons (Fsp3) is 0.588. The molecule has 0 bridgehead atoms. The first kappa shape index (κ1) is 16.2. The smallest absolute Gasteiger partial charge is 0.235 e. The number of rotatable bonds is 5. The van der Waals surface area contributed by atoms with E-state index in [4.69, 9.17) is 0 Å². The van der Waals surface area contributed by atoms with Gasteiger partial charge in [0.2, 0.25) is 5.91 Å². The van der Waals surface area contributed by atoms with Gasteiger partial charge in [0.15, 0.2) is 0 Å². The third-order valence-electron chi connectivity index (χ3n) is 4.27. The van der Waals surface area contributed by atoms with Crippen molar-refractivity contribution < 1.29 is 9.00 Å². The molecule has 1 aliphatic carbocycles. The van der Waals surface area contributed by atoms with Crippen LogP contribution in [0.15, 0.2) is 18.2 Å². The van der Waals surface area contributed by atoms with E-state index >= 15 is 0 Å². The molecule has 0 aliphatic heterocycles. The summed E-state index contributed by atoms with van der Waals surface area (Å²) in [5.41, 5.74) is 3.38. The first-order valence-corrected chi connectivity index (χ1v) is 9.09. The third kappa shape index (κ3) is 4.40. The normalized spacial score (nSPS) is 18.4. The highest BCUT2D eigenvalue weighted by atomic mass is 32.2. The van der Waals surface area contributed by atoms with Crippen molar-refractivity contribution in [3.05, 3.63) is 34.9 Å². The van der Waals surface area contributed by atoms with Crippen molar-refractivity contribution in [3.63, 3.8) is 0 Å². The lowest BCUT2D eigenvalue weighted by Gasteiger charge is -2.17. The van der Waals surface area contributed by atoms with E-state index < -0.39 is 16.0 Å². The van der Waals surface area contributed by atoms with Gasteiger partial charge in [0.05, 0.1) is 0 Å². The Hall–Kier alpha value is -1.16. The largest absolute Gasteiger partial charge is 0.352 e. The molecule has 1 aromatic carbocycles.